The highest BCUT2D eigenvalue weighted by atomic mass is 16.3. The standard InChI is InChI=1S/C26H27BN6O2/c27-22-17-30-33-24(29-16-19-4-2-10-28-15-19)14-23(31-26(22)33)20-8-11-32(12-9-20)25(35)7-6-18-3-1-5-21(34)13-18/h1-7,10,13-15,17,20,29,34H,8-9,11-12,16,27H2/b7-6+. The zero-order valence-electron chi connectivity index (χ0n) is 19.6. The molecule has 176 valence electrons. The number of fused-ring (bicyclic) bond motifs is 1. The molecule has 3 aromatic heterocycles. The fourth-order valence-corrected chi connectivity index (χ4v) is 4.42. The van der Waals surface area contributed by atoms with Gasteiger partial charge in [0.25, 0.3) is 0 Å². The molecule has 8 nitrogen and oxygen atoms in total. The van der Waals surface area contributed by atoms with Crippen molar-refractivity contribution < 1.29 is 9.90 Å². The molecule has 0 saturated carbocycles. The van der Waals surface area contributed by atoms with E-state index in [0.717, 1.165) is 46.6 Å². The Morgan fingerprint density at radius 1 is 1.17 bits per heavy atom. The number of hydrogen-bond acceptors (Lipinski definition) is 6. The first kappa shape index (κ1) is 22.6. The zero-order chi connectivity index (χ0) is 24.2. The SMILES string of the molecule is Bc1cnn2c(NCc3cccnc3)cc(C3CCN(C(=O)/C=C/c4cccc(O)c4)CC3)nc12. The predicted molar refractivity (Wildman–Crippen MR) is 138 cm³/mol. The van der Waals surface area contributed by atoms with E-state index in [-0.39, 0.29) is 17.6 Å². The molecule has 4 aromatic rings. The Morgan fingerprint density at radius 2 is 2.03 bits per heavy atom. The van der Waals surface area contributed by atoms with Crippen LogP contribution in [0.15, 0.2) is 67.1 Å². The number of carbonyl (C=O) groups excluding carboxylic acids is 1. The molecule has 9 heteroatoms. The van der Waals surface area contributed by atoms with E-state index in [4.69, 9.17) is 4.98 Å². The van der Waals surface area contributed by atoms with Gasteiger partial charge in [0.15, 0.2) is 5.65 Å². The van der Waals surface area contributed by atoms with Crippen LogP contribution in [0.3, 0.4) is 0 Å². The lowest BCUT2D eigenvalue weighted by Gasteiger charge is -2.31. The molecule has 1 aromatic carbocycles. The molecule has 35 heavy (non-hydrogen) atoms. The Balaban J connectivity index is 1.28. The number of likely N-dealkylation sites (tertiary alicyclic amines) is 1. The van der Waals surface area contributed by atoms with Gasteiger partial charge < -0.3 is 15.3 Å². The van der Waals surface area contributed by atoms with E-state index in [1.54, 1.807) is 36.5 Å². The summed E-state index contributed by atoms with van der Waals surface area (Å²) in [6.07, 6.45) is 10.5. The molecule has 1 saturated heterocycles. The van der Waals surface area contributed by atoms with E-state index in [2.05, 4.69) is 21.5 Å². The number of carbonyl (C=O) groups is 1. The minimum absolute atomic E-state index is 0.0133. The molecular formula is C26H27BN6O2. The second kappa shape index (κ2) is 10.0. The van der Waals surface area contributed by atoms with Crippen LogP contribution in [-0.4, -0.2) is 56.4 Å². The lowest BCUT2D eigenvalue weighted by Crippen LogP contribution is -2.37. The summed E-state index contributed by atoms with van der Waals surface area (Å²) in [5.74, 6) is 1.34. The predicted octanol–water partition coefficient (Wildman–Crippen LogP) is 2.12. The summed E-state index contributed by atoms with van der Waals surface area (Å²) in [6.45, 7) is 2.00. The number of phenolic OH excluding ortho intramolecular Hbond substituents is 1. The van der Waals surface area contributed by atoms with E-state index in [0.29, 0.717) is 19.6 Å². The molecule has 4 heterocycles. The summed E-state index contributed by atoms with van der Waals surface area (Å²) in [7, 11) is 2.02. The largest absolute Gasteiger partial charge is 0.508 e. The Hall–Kier alpha value is -4.14. The van der Waals surface area contributed by atoms with Gasteiger partial charge >= 0.3 is 0 Å². The third-order valence-corrected chi connectivity index (χ3v) is 6.38. The molecule has 0 radical (unpaired) electrons. The number of pyridine rings is 1. The van der Waals surface area contributed by atoms with Crippen molar-refractivity contribution >= 4 is 36.8 Å². The number of aromatic nitrogens is 4. The molecule has 0 bridgehead atoms. The maximum absolute atomic E-state index is 12.7. The van der Waals surface area contributed by atoms with Crippen LogP contribution in [0.2, 0.25) is 0 Å². The number of hydrogen-bond donors (Lipinski definition) is 2. The van der Waals surface area contributed by atoms with Gasteiger partial charge in [0.1, 0.15) is 19.4 Å². The van der Waals surface area contributed by atoms with E-state index < -0.39 is 0 Å². The molecule has 1 aliphatic rings. The summed E-state index contributed by atoms with van der Waals surface area (Å²) in [4.78, 5) is 23.7. The van der Waals surface area contributed by atoms with Crippen LogP contribution in [0.25, 0.3) is 11.7 Å². The van der Waals surface area contributed by atoms with E-state index in [1.807, 2.05) is 47.9 Å². The van der Waals surface area contributed by atoms with Gasteiger partial charge in [0, 0.05) is 62.0 Å². The second-order valence-electron chi connectivity index (χ2n) is 8.87. The number of benzene rings is 1. The van der Waals surface area contributed by atoms with Crippen molar-refractivity contribution in [3.63, 3.8) is 0 Å². The molecule has 5 rings (SSSR count). The normalized spacial score (nSPS) is 14.6. The van der Waals surface area contributed by atoms with Crippen molar-refractivity contribution in [3.8, 4) is 5.75 Å². The van der Waals surface area contributed by atoms with Crippen LogP contribution >= 0.6 is 0 Å². The van der Waals surface area contributed by atoms with Crippen LogP contribution in [0, 0.1) is 0 Å². The first-order chi connectivity index (χ1) is 17.1. The fourth-order valence-electron chi connectivity index (χ4n) is 4.42. The van der Waals surface area contributed by atoms with E-state index >= 15 is 0 Å². The smallest absolute Gasteiger partial charge is 0.246 e. The van der Waals surface area contributed by atoms with E-state index in [9.17, 15) is 9.90 Å². The molecule has 1 fully saturated rings. The highest BCUT2D eigenvalue weighted by Crippen LogP contribution is 2.29. The van der Waals surface area contributed by atoms with Crippen LogP contribution in [0.4, 0.5) is 5.82 Å². The molecule has 0 spiro atoms. The molecule has 2 N–H and O–H groups in total. The number of nitrogens with one attached hydrogen (secondary N) is 1. The van der Waals surface area contributed by atoms with Crippen molar-refractivity contribution in [1.82, 2.24) is 24.5 Å². The number of nitrogens with zero attached hydrogens (tertiary/aromatic N) is 5. The summed E-state index contributed by atoms with van der Waals surface area (Å²) in [5, 5.41) is 17.6. The van der Waals surface area contributed by atoms with Crippen molar-refractivity contribution in [2.45, 2.75) is 25.3 Å². The fraction of sp³-hybridized carbons (Fsp3) is 0.231. The average Bonchev–Trinajstić information content (AvgIpc) is 3.27. The maximum atomic E-state index is 12.7. The zero-order valence-corrected chi connectivity index (χ0v) is 19.6. The number of piperidine rings is 1. The summed E-state index contributed by atoms with van der Waals surface area (Å²) in [5.41, 5.74) is 4.80. The van der Waals surface area contributed by atoms with Gasteiger partial charge in [0.2, 0.25) is 5.91 Å². The minimum atomic E-state index is -0.0133. The molecule has 0 aliphatic carbocycles. The van der Waals surface area contributed by atoms with Crippen LogP contribution in [-0.2, 0) is 11.3 Å². The summed E-state index contributed by atoms with van der Waals surface area (Å²) >= 11 is 0. The highest BCUT2D eigenvalue weighted by Gasteiger charge is 2.25. The topological polar surface area (TPSA) is 95.7 Å². The second-order valence-corrected chi connectivity index (χ2v) is 8.87. The van der Waals surface area contributed by atoms with Crippen LogP contribution in [0.1, 0.15) is 35.6 Å². The Kier molecular flexibility index (Phi) is 6.48. The molecule has 0 atom stereocenters. The van der Waals surface area contributed by atoms with Gasteiger partial charge in [-0.05, 0) is 53.7 Å². The monoisotopic (exact) mass is 466 g/mol. The first-order valence-electron chi connectivity index (χ1n) is 11.8. The average molecular weight is 466 g/mol. The van der Waals surface area contributed by atoms with Crippen molar-refractivity contribution in [2.24, 2.45) is 0 Å². The van der Waals surface area contributed by atoms with Gasteiger partial charge in [0.05, 0.1) is 0 Å². The number of phenols is 1. The first-order valence-corrected chi connectivity index (χ1v) is 11.8. The van der Waals surface area contributed by atoms with E-state index in [1.165, 1.54) is 0 Å². The molecular weight excluding hydrogens is 439 g/mol. The third-order valence-electron chi connectivity index (χ3n) is 6.38. The van der Waals surface area contributed by atoms with Gasteiger partial charge in [-0.1, -0.05) is 18.2 Å². The molecule has 0 unspecified atom stereocenters. The van der Waals surface area contributed by atoms with Crippen LogP contribution in [0.5, 0.6) is 5.75 Å². The quantitative estimate of drug-likeness (QED) is 0.334. The number of aromatic hydroxyl groups is 1. The van der Waals surface area contributed by atoms with Crippen molar-refractivity contribution in [1.29, 1.82) is 0 Å². The number of anilines is 1. The van der Waals surface area contributed by atoms with Gasteiger partial charge in [-0.3, -0.25) is 9.78 Å². The van der Waals surface area contributed by atoms with Crippen molar-refractivity contribution in [3.05, 3.63) is 84.0 Å². The minimum Gasteiger partial charge on any atom is -0.508 e. The summed E-state index contributed by atoms with van der Waals surface area (Å²) < 4.78 is 1.85. The Bertz CT molecular complexity index is 1360. The Labute approximate surface area is 204 Å². The lowest BCUT2D eigenvalue weighted by atomic mass is 9.92. The summed E-state index contributed by atoms with van der Waals surface area (Å²) in [6, 6.07) is 12.9. The van der Waals surface area contributed by atoms with Crippen molar-refractivity contribution in [2.75, 3.05) is 18.4 Å². The van der Waals surface area contributed by atoms with Gasteiger partial charge in [-0.15, -0.1) is 0 Å². The molecule has 1 amide bonds. The van der Waals surface area contributed by atoms with Gasteiger partial charge in [-0.25, -0.2) is 4.98 Å². The maximum Gasteiger partial charge on any atom is 0.246 e. The Morgan fingerprint density at radius 3 is 2.80 bits per heavy atom. The molecule has 1 aliphatic heterocycles. The lowest BCUT2D eigenvalue weighted by molar-refractivity contribution is -0.126. The third kappa shape index (κ3) is 5.19. The highest BCUT2D eigenvalue weighted by molar-refractivity contribution is 6.36. The van der Waals surface area contributed by atoms with Crippen LogP contribution < -0.4 is 10.8 Å². The number of rotatable bonds is 6. The number of amides is 1. The van der Waals surface area contributed by atoms with Gasteiger partial charge in [-0.2, -0.15) is 9.61 Å².